The zero-order chi connectivity index (χ0) is 23.6. The molecule has 0 spiro atoms. The molecule has 2 aromatic heterocycles. The maximum absolute atomic E-state index is 13.4. The first kappa shape index (κ1) is 20.9. The number of aromatic nitrogens is 3. The van der Waals surface area contributed by atoms with Gasteiger partial charge in [0.2, 0.25) is 11.8 Å². The number of nitrogens with one attached hydrogen (secondary N) is 1. The number of fused-ring (bicyclic) bond motifs is 5. The van der Waals surface area contributed by atoms with Gasteiger partial charge in [-0.3, -0.25) is 29.6 Å². The van der Waals surface area contributed by atoms with Gasteiger partial charge in [-0.15, -0.1) is 0 Å². The number of benzene rings is 1. The van der Waals surface area contributed by atoms with Crippen LogP contribution in [0.2, 0.25) is 0 Å². The molecule has 0 radical (unpaired) electrons. The lowest BCUT2D eigenvalue weighted by atomic mass is 9.82. The summed E-state index contributed by atoms with van der Waals surface area (Å²) < 4.78 is 1.54. The number of carbonyl (C=O) groups is 2. The third kappa shape index (κ3) is 3.19. The SMILES string of the molecule is O=C(C1CC(=O)N(c2n[nH]c3ccccc23)C1)N1CC2CC(C1)c1ccc(N([O-])O)c(=O)n1C2. The van der Waals surface area contributed by atoms with Gasteiger partial charge in [-0.05, 0) is 36.6 Å². The highest BCUT2D eigenvalue weighted by Gasteiger charge is 2.42. The predicted molar refractivity (Wildman–Crippen MR) is 122 cm³/mol. The van der Waals surface area contributed by atoms with Crippen LogP contribution in [-0.4, -0.2) is 56.3 Å². The van der Waals surface area contributed by atoms with E-state index < -0.39 is 16.7 Å². The number of para-hydroxylation sites is 1. The molecule has 11 nitrogen and oxygen atoms in total. The number of amides is 2. The lowest BCUT2D eigenvalue weighted by Gasteiger charge is -2.43. The van der Waals surface area contributed by atoms with E-state index in [0.717, 1.165) is 23.0 Å². The molecule has 3 aliphatic heterocycles. The standard InChI is InChI=1S/C23H23N6O5/c30-20-8-15(12-28(20)21-16-3-1-2-4-17(16)24-25-21)22(31)26-9-13-7-14(11-26)18-5-6-19(29(33)34)23(32)27(18)10-13/h1-6,13-15,33H,7-12H2,(H,24,25)/q-1. The molecule has 34 heavy (non-hydrogen) atoms. The summed E-state index contributed by atoms with van der Waals surface area (Å²) in [5.74, 6) is -0.0604. The van der Waals surface area contributed by atoms with Crippen LogP contribution >= 0.6 is 0 Å². The first-order valence-electron chi connectivity index (χ1n) is 11.3. The minimum absolute atomic E-state index is 0.0412. The molecule has 176 valence electrons. The second-order valence-corrected chi connectivity index (χ2v) is 9.37. The molecule has 5 heterocycles. The minimum atomic E-state index is -0.521. The molecule has 3 atom stereocenters. The largest absolute Gasteiger partial charge is 0.733 e. The Kier molecular flexibility index (Phi) is 4.71. The number of piperidine rings is 1. The molecule has 0 aliphatic carbocycles. The van der Waals surface area contributed by atoms with Crippen molar-refractivity contribution in [2.24, 2.45) is 11.8 Å². The van der Waals surface area contributed by atoms with E-state index in [-0.39, 0.29) is 42.3 Å². The Hall–Kier alpha value is -3.70. The monoisotopic (exact) mass is 463 g/mol. The molecular weight excluding hydrogens is 440 g/mol. The Morgan fingerprint density at radius 3 is 2.76 bits per heavy atom. The third-order valence-electron chi connectivity index (χ3n) is 7.28. The third-order valence-corrected chi connectivity index (χ3v) is 7.28. The van der Waals surface area contributed by atoms with Gasteiger partial charge in [0.1, 0.15) is 5.69 Å². The smallest absolute Gasteiger partial charge is 0.275 e. The average Bonchev–Trinajstić information content (AvgIpc) is 3.42. The molecule has 2 bridgehead atoms. The number of nitrogens with zero attached hydrogens (tertiary/aromatic N) is 5. The first-order chi connectivity index (χ1) is 16.4. The Bertz CT molecular complexity index is 1360. The van der Waals surface area contributed by atoms with Gasteiger partial charge in [-0.1, -0.05) is 12.1 Å². The molecule has 3 unspecified atom stereocenters. The van der Waals surface area contributed by atoms with E-state index in [9.17, 15) is 24.8 Å². The van der Waals surface area contributed by atoms with Crippen molar-refractivity contribution in [2.45, 2.75) is 25.3 Å². The molecule has 3 aliphatic rings. The van der Waals surface area contributed by atoms with Gasteiger partial charge in [0.05, 0.1) is 11.4 Å². The van der Waals surface area contributed by atoms with Gasteiger partial charge in [0.15, 0.2) is 5.82 Å². The van der Waals surface area contributed by atoms with Gasteiger partial charge in [-0.25, -0.2) is 0 Å². The molecular formula is C23H23N6O5-. The quantitative estimate of drug-likeness (QED) is 0.560. The first-order valence-corrected chi connectivity index (χ1v) is 11.3. The molecule has 0 saturated carbocycles. The van der Waals surface area contributed by atoms with E-state index >= 15 is 0 Å². The Labute approximate surface area is 193 Å². The summed E-state index contributed by atoms with van der Waals surface area (Å²) in [6, 6.07) is 10.6. The number of hydrogen-bond acceptors (Lipinski definition) is 7. The zero-order valence-corrected chi connectivity index (χ0v) is 18.3. The molecule has 2 fully saturated rings. The fraction of sp³-hybridized carbons (Fsp3) is 0.391. The van der Waals surface area contributed by atoms with Gasteiger partial charge in [-0.2, -0.15) is 5.10 Å². The zero-order valence-electron chi connectivity index (χ0n) is 18.3. The topological polar surface area (TPSA) is 138 Å². The highest BCUT2D eigenvalue weighted by molar-refractivity contribution is 6.05. The van der Waals surface area contributed by atoms with Crippen molar-refractivity contribution in [3.05, 3.63) is 57.7 Å². The van der Waals surface area contributed by atoms with Crippen LogP contribution in [-0.2, 0) is 16.1 Å². The number of pyridine rings is 1. The van der Waals surface area contributed by atoms with Crippen molar-refractivity contribution in [3.8, 4) is 0 Å². The van der Waals surface area contributed by atoms with Crippen LogP contribution in [0.3, 0.4) is 0 Å². The second-order valence-electron chi connectivity index (χ2n) is 9.37. The number of aromatic amines is 1. The van der Waals surface area contributed by atoms with Gasteiger partial charge in [0.25, 0.3) is 5.56 Å². The molecule has 2 amide bonds. The van der Waals surface area contributed by atoms with Crippen molar-refractivity contribution < 1.29 is 14.8 Å². The fourth-order valence-corrected chi connectivity index (χ4v) is 5.75. The molecule has 1 aromatic carbocycles. The number of carbonyl (C=O) groups excluding carboxylic acids is 2. The molecule has 2 saturated heterocycles. The summed E-state index contributed by atoms with van der Waals surface area (Å²) in [6.45, 7) is 1.60. The number of H-pyrrole nitrogens is 1. The Balaban J connectivity index is 1.22. The Morgan fingerprint density at radius 1 is 1.12 bits per heavy atom. The fourth-order valence-electron chi connectivity index (χ4n) is 5.75. The molecule has 3 aromatic rings. The molecule has 6 rings (SSSR count). The Morgan fingerprint density at radius 2 is 1.94 bits per heavy atom. The van der Waals surface area contributed by atoms with E-state index in [4.69, 9.17) is 0 Å². The molecule has 2 N–H and O–H groups in total. The number of rotatable bonds is 3. The van der Waals surface area contributed by atoms with Crippen LogP contribution in [0.1, 0.15) is 24.5 Å². The van der Waals surface area contributed by atoms with Crippen LogP contribution in [0.25, 0.3) is 10.9 Å². The average molecular weight is 463 g/mol. The second kappa shape index (κ2) is 7.67. The van der Waals surface area contributed by atoms with E-state index in [2.05, 4.69) is 10.2 Å². The normalized spacial score (nSPS) is 23.9. The summed E-state index contributed by atoms with van der Waals surface area (Å²) in [4.78, 5) is 42.3. The highest BCUT2D eigenvalue weighted by Crippen LogP contribution is 2.37. The van der Waals surface area contributed by atoms with Gasteiger partial charge < -0.3 is 19.9 Å². The van der Waals surface area contributed by atoms with Crippen LogP contribution < -0.4 is 15.7 Å². The van der Waals surface area contributed by atoms with Gasteiger partial charge >= 0.3 is 0 Å². The maximum Gasteiger partial charge on any atom is 0.275 e. The summed E-state index contributed by atoms with van der Waals surface area (Å²) in [5, 5.41) is 28.1. The van der Waals surface area contributed by atoms with Crippen molar-refractivity contribution >= 4 is 34.2 Å². The lowest BCUT2D eigenvalue weighted by Crippen LogP contribution is -2.51. The van der Waals surface area contributed by atoms with Crippen LogP contribution in [0.5, 0.6) is 0 Å². The van der Waals surface area contributed by atoms with E-state index in [1.807, 2.05) is 29.2 Å². The van der Waals surface area contributed by atoms with E-state index in [1.165, 1.54) is 6.07 Å². The summed E-state index contributed by atoms with van der Waals surface area (Å²) in [7, 11) is 0. The van der Waals surface area contributed by atoms with Crippen LogP contribution in [0.15, 0.2) is 41.2 Å². The van der Waals surface area contributed by atoms with Crippen molar-refractivity contribution in [1.82, 2.24) is 19.7 Å². The molecule has 11 heteroatoms. The van der Waals surface area contributed by atoms with Crippen LogP contribution in [0.4, 0.5) is 11.5 Å². The number of hydrogen-bond donors (Lipinski definition) is 2. The summed E-state index contributed by atoms with van der Waals surface area (Å²) in [5.41, 5.74) is 0.763. The summed E-state index contributed by atoms with van der Waals surface area (Å²) >= 11 is 0. The van der Waals surface area contributed by atoms with Crippen molar-refractivity contribution in [1.29, 1.82) is 0 Å². The summed E-state index contributed by atoms with van der Waals surface area (Å²) in [6.07, 6.45) is 0.985. The van der Waals surface area contributed by atoms with Gasteiger partial charge in [0, 0.05) is 49.6 Å². The minimum Gasteiger partial charge on any atom is -0.733 e. The van der Waals surface area contributed by atoms with Crippen LogP contribution in [0, 0.1) is 17.0 Å². The van der Waals surface area contributed by atoms with Crippen molar-refractivity contribution in [3.63, 3.8) is 0 Å². The highest BCUT2D eigenvalue weighted by atomic mass is 16.8. The lowest BCUT2D eigenvalue weighted by molar-refractivity contribution is -0.138. The maximum atomic E-state index is 13.4. The predicted octanol–water partition coefficient (Wildman–Crippen LogP) is 1.42. The number of anilines is 2. The van der Waals surface area contributed by atoms with Crippen molar-refractivity contribution in [2.75, 3.05) is 29.8 Å². The van der Waals surface area contributed by atoms with E-state index in [0.29, 0.717) is 25.5 Å². The number of likely N-dealkylation sites (tertiary alicyclic amines) is 1. The van der Waals surface area contributed by atoms with E-state index in [1.54, 1.807) is 15.5 Å².